The molecule has 2 aromatic carbocycles. The van der Waals surface area contributed by atoms with Gasteiger partial charge in [-0.15, -0.1) is 0 Å². The van der Waals surface area contributed by atoms with Crippen LogP contribution in [0, 0.1) is 5.92 Å². The second-order valence-electron chi connectivity index (χ2n) is 9.07. The summed E-state index contributed by atoms with van der Waals surface area (Å²) >= 11 is 5.89. The third kappa shape index (κ3) is 6.29. The van der Waals surface area contributed by atoms with Gasteiger partial charge in [0.2, 0.25) is 0 Å². The first kappa shape index (κ1) is 23.9. The number of hydrogen-bond donors (Lipinski definition) is 1. The van der Waals surface area contributed by atoms with Gasteiger partial charge in [0.15, 0.2) is 0 Å². The average Bonchev–Trinajstić information content (AvgIpc) is 2.70. The lowest BCUT2D eigenvalue weighted by Gasteiger charge is -2.43. The molecule has 0 saturated carbocycles. The Hall–Kier alpha value is -1.39. The minimum atomic E-state index is -2.44. The van der Waals surface area contributed by atoms with Crippen LogP contribution in [0.5, 0.6) is 0 Å². The number of nitrogens with one attached hydrogen (secondary N) is 1. The highest BCUT2D eigenvalue weighted by Gasteiger charge is 2.49. The van der Waals surface area contributed by atoms with Crippen LogP contribution in [0.4, 0.5) is 0 Å². The van der Waals surface area contributed by atoms with Gasteiger partial charge in [-0.2, -0.15) is 0 Å². The summed E-state index contributed by atoms with van der Waals surface area (Å²) in [5.74, 6) is 0.601. The number of benzene rings is 2. The van der Waals surface area contributed by atoms with E-state index in [9.17, 15) is 0 Å². The molecule has 0 spiro atoms. The van der Waals surface area contributed by atoms with E-state index in [0.29, 0.717) is 12.5 Å². The van der Waals surface area contributed by atoms with Gasteiger partial charge in [0.05, 0.1) is 0 Å². The summed E-state index contributed by atoms with van der Waals surface area (Å²) in [6.45, 7) is 12.0. The fraction of sp³-hybridized carbons (Fsp3) is 0.440. The first-order valence-corrected chi connectivity index (χ1v) is 12.9. The van der Waals surface area contributed by atoms with E-state index in [4.69, 9.17) is 16.2 Å². The van der Waals surface area contributed by atoms with Crippen molar-refractivity contribution in [3.05, 3.63) is 72.8 Å². The molecule has 0 radical (unpaired) electrons. The fourth-order valence-corrected chi connectivity index (χ4v) is 8.71. The van der Waals surface area contributed by atoms with Crippen molar-refractivity contribution < 1.29 is 4.43 Å². The van der Waals surface area contributed by atoms with Crippen LogP contribution in [0.25, 0.3) is 0 Å². The van der Waals surface area contributed by atoms with E-state index in [2.05, 4.69) is 112 Å². The highest BCUT2D eigenvalue weighted by Crippen LogP contribution is 2.36. The molecule has 0 unspecified atom stereocenters. The highest BCUT2D eigenvalue weighted by molar-refractivity contribution is 6.99. The zero-order valence-electron chi connectivity index (χ0n) is 18.5. The molecule has 1 N–H and O–H groups in total. The van der Waals surface area contributed by atoms with Crippen molar-refractivity contribution >= 4 is 30.5 Å². The molecule has 0 heterocycles. The Kier molecular flexibility index (Phi) is 9.16. The van der Waals surface area contributed by atoms with E-state index < -0.39 is 8.32 Å². The van der Waals surface area contributed by atoms with Crippen molar-refractivity contribution in [2.45, 2.75) is 58.5 Å². The maximum atomic E-state index is 6.90. The molecule has 0 bridgehead atoms. The van der Waals surface area contributed by atoms with Crippen LogP contribution >= 0.6 is 11.8 Å². The smallest absolute Gasteiger partial charge is 0.261 e. The van der Waals surface area contributed by atoms with Gasteiger partial charge in [-0.3, -0.25) is 0 Å². The molecule has 0 aromatic heterocycles. The topological polar surface area (TPSA) is 21.3 Å². The molecular formula is C25H36ClNOSi. The van der Waals surface area contributed by atoms with E-state index in [-0.39, 0.29) is 11.1 Å². The maximum absolute atomic E-state index is 6.90. The monoisotopic (exact) mass is 429 g/mol. The molecule has 2 aromatic rings. The van der Waals surface area contributed by atoms with Crippen LogP contribution in [-0.2, 0) is 4.43 Å². The van der Waals surface area contributed by atoms with Crippen molar-refractivity contribution in [2.75, 3.05) is 6.61 Å². The van der Waals surface area contributed by atoms with E-state index >= 15 is 0 Å². The lowest BCUT2D eigenvalue weighted by Crippen LogP contribution is -2.66. The molecule has 0 aliphatic carbocycles. The number of rotatable bonds is 10. The molecule has 2 nitrogen and oxygen atoms in total. The lowest BCUT2D eigenvalue weighted by molar-refractivity contribution is 0.304. The summed E-state index contributed by atoms with van der Waals surface area (Å²) in [4.78, 5) is 2.87. The van der Waals surface area contributed by atoms with Gasteiger partial charge in [-0.05, 0) is 45.9 Å². The third-order valence-electron chi connectivity index (χ3n) is 5.25. The Morgan fingerprint density at radius 2 is 1.48 bits per heavy atom. The minimum absolute atomic E-state index is 0.0112. The second kappa shape index (κ2) is 11.1. The molecule has 0 aliphatic rings. The van der Waals surface area contributed by atoms with Crippen LogP contribution < -0.4 is 15.2 Å². The summed E-state index contributed by atoms with van der Waals surface area (Å²) in [6.07, 6.45) is 6.26. The van der Waals surface area contributed by atoms with Crippen LogP contribution in [-0.4, -0.2) is 21.0 Å². The molecule has 0 aliphatic heterocycles. The molecule has 0 amide bonds. The molecule has 4 heteroatoms. The Bertz CT molecular complexity index is 701. The van der Waals surface area contributed by atoms with Crippen LogP contribution in [0.1, 0.15) is 47.5 Å². The Balaban J connectivity index is 2.25. The van der Waals surface area contributed by atoms with Gasteiger partial charge in [-0.25, -0.2) is 4.84 Å². The van der Waals surface area contributed by atoms with E-state index in [1.165, 1.54) is 10.4 Å². The molecule has 158 valence electrons. The van der Waals surface area contributed by atoms with Crippen LogP contribution in [0.2, 0.25) is 5.04 Å². The molecule has 0 fully saturated rings. The maximum Gasteiger partial charge on any atom is 0.261 e. The molecular weight excluding hydrogens is 394 g/mol. The summed E-state index contributed by atoms with van der Waals surface area (Å²) in [6, 6.07) is 21.8. The Morgan fingerprint density at radius 1 is 0.966 bits per heavy atom. The van der Waals surface area contributed by atoms with Crippen LogP contribution in [0.3, 0.4) is 0 Å². The van der Waals surface area contributed by atoms with Gasteiger partial charge in [-0.1, -0.05) is 107 Å². The Morgan fingerprint density at radius 3 is 1.90 bits per heavy atom. The predicted molar refractivity (Wildman–Crippen MR) is 130 cm³/mol. The zero-order chi connectivity index (χ0) is 21.3. The van der Waals surface area contributed by atoms with Crippen molar-refractivity contribution in [3.8, 4) is 0 Å². The second-order valence-corrected chi connectivity index (χ2v) is 13.6. The SMILES string of the molecule is CC(C)C[C@@H](C=CCCO[Si](c1ccccc1)(c1ccccc1)C(C)(C)C)NCl. The van der Waals surface area contributed by atoms with E-state index in [1.807, 2.05) is 0 Å². The quantitative estimate of drug-likeness (QED) is 0.227. The molecule has 1 atom stereocenters. The van der Waals surface area contributed by atoms with E-state index in [0.717, 1.165) is 12.8 Å². The van der Waals surface area contributed by atoms with Gasteiger partial charge in [0, 0.05) is 12.6 Å². The third-order valence-corrected chi connectivity index (χ3v) is 10.6. The van der Waals surface area contributed by atoms with Crippen LogP contribution in [0.15, 0.2) is 72.8 Å². The predicted octanol–water partition coefficient (Wildman–Crippen LogP) is 5.67. The highest BCUT2D eigenvalue weighted by atomic mass is 35.5. The van der Waals surface area contributed by atoms with Crippen molar-refractivity contribution in [1.29, 1.82) is 0 Å². The minimum Gasteiger partial charge on any atom is -0.407 e. The fourth-order valence-electron chi connectivity index (χ4n) is 3.97. The van der Waals surface area contributed by atoms with E-state index in [1.54, 1.807) is 0 Å². The van der Waals surface area contributed by atoms with Gasteiger partial charge in [0.25, 0.3) is 8.32 Å². The number of hydrogen-bond acceptors (Lipinski definition) is 2. The zero-order valence-corrected chi connectivity index (χ0v) is 20.2. The largest absolute Gasteiger partial charge is 0.407 e. The number of halogens is 1. The normalized spacial score (nSPS) is 13.9. The van der Waals surface area contributed by atoms with Crippen molar-refractivity contribution in [1.82, 2.24) is 4.84 Å². The first-order valence-electron chi connectivity index (χ1n) is 10.6. The van der Waals surface area contributed by atoms with Crippen molar-refractivity contribution in [3.63, 3.8) is 0 Å². The Labute approximate surface area is 183 Å². The lowest BCUT2D eigenvalue weighted by atomic mass is 10.0. The summed E-state index contributed by atoms with van der Waals surface area (Å²) in [5.41, 5.74) is 0. The molecule has 0 saturated heterocycles. The summed E-state index contributed by atoms with van der Waals surface area (Å²) < 4.78 is 6.90. The van der Waals surface area contributed by atoms with Gasteiger partial charge >= 0.3 is 0 Å². The van der Waals surface area contributed by atoms with Gasteiger partial charge in [0.1, 0.15) is 0 Å². The molecule has 2 rings (SSSR count). The van der Waals surface area contributed by atoms with Crippen molar-refractivity contribution in [2.24, 2.45) is 5.92 Å². The van der Waals surface area contributed by atoms with Gasteiger partial charge < -0.3 is 4.43 Å². The summed E-state index contributed by atoms with van der Waals surface area (Å²) in [5, 5.41) is 2.66. The molecule has 29 heavy (non-hydrogen) atoms. The standard InChI is InChI=1S/C25H36ClNOSi/c1-21(2)20-22(27-26)14-12-13-19-28-29(25(3,4)5,23-15-8-6-9-16-23)24-17-10-7-11-18-24/h6-12,14-18,21-22,27H,13,19-20H2,1-5H3/t22-/m1/s1. The average molecular weight is 430 g/mol. The first-order chi connectivity index (χ1) is 13.8. The summed E-state index contributed by atoms with van der Waals surface area (Å²) in [7, 11) is -2.44.